The lowest BCUT2D eigenvalue weighted by atomic mass is 10.3. The highest BCUT2D eigenvalue weighted by Gasteiger charge is 2.14. The van der Waals surface area contributed by atoms with E-state index in [2.05, 4.69) is 31.1 Å². The Kier molecular flexibility index (Phi) is 3.95. The number of halogens is 3. The van der Waals surface area contributed by atoms with E-state index in [0.29, 0.717) is 46.0 Å². The summed E-state index contributed by atoms with van der Waals surface area (Å²) in [5.74, 6) is 1.73. The number of alkyl halides is 1. The number of imidazole rings is 1. The molecule has 0 amide bonds. The van der Waals surface area contributed by atoms with Gasteiger partial charge in [-0.15, -0.1) is 11.6 Å². The van der Waals surface area contributed by atoms with Gasteiger partial charge in [-0.25, -0.2) is 9.37 Å². The van der Waals surface area contributed by atoms with Crippen LogP contribution < -0.4 is 0 Å². The molecular formula is C13H11BrClFN4O. The van der Waals surface area contributed by atoms with Gasteiger partial charge in [-0.3, -0.25) is 0 Å². The fourth-order valence-electron chi connectivity index (χ4n) is 2.18. The predicted octanol–water partition coefficient (Wildman–Crippen LogP) is 3.61. The van der Waals surface area contributed by atoms with E-state index in [1.54, 1.807) is 13.0 Å². The standard InChI is InChI=1S/C13H11BrClFN4O/c1-7-17-12(19-21-7)2-3-20-11-5-9(16)8(14)4-10(11)18-13(20)6-15/h4-5H,2-3,6H2,1H3. The minimum atomic E-state index is -0.333. The Bertz CT molecular complexity index is 801. The zero-order valence-corrected chi connectivity index (χ0v) is 13.4. The van der Waals surface area contributed by atoms with Crippen LogP contribution in [0.4, 0.5) is 4.39 Å². The topological polar surface area (TPSA) is 56.7 Å². The second-order valence-electron chi connectivity index (χ2n) is 4.55. The van der Waals surface area contributed by atoms with E-state index in [4.69, 9.17) is 16.1 Å². The molecule has 0 aliphatic heterocycles. The number of benzene rings is 1. The van der Waals surface area contributed by atoms with Gasteiger partial charge in [-0.2, -0.15) is 4.98 Å². The van der Waals surface area contributed by atoms with Crippen LogP contribution in [0.3, 0.4) is 0 Å². The number of hydrogen-bond acceptors (Lipinski definition) is 4. The molecule has 8 heteroatoms. The van der Waals surface area contributed by atoms with Gasteiger partial charge in [0, 0.05) is 26.0 Å². The lowest BCUT2D eigenvalue weighted by molar-refractivity contribution is 0.386. The van der Waals surface area contributed by atoms with Crippen molar-refractivity contribution in [3.8, 4) is 0 Å². The van der Waals surface area contributed by atoms with Crippen LogP contribution in [-0.2, 0) is 18.8 Å². The smallest absolute Gasteiger partial charge is 0.223 e. The Labute approximate surface area is 133 Å². The van der Waals surface area contributed by atoms with E-state index in [1.807, 2.05) is 4.57 Å². The van der Waals surface area contributed by atoms with Crippen LogP contribution in [0.1, 0.15) is 17.5 Å². The molecule has 0 aliphatic carbocycles. The maximum atomic E-state index is 13.7. The van der Waals surface area contributed by atoms with Gasteiger partial charge in [0.05, 0.1) is 21.4 Å². The summed E-state index contributed by atoms with van der Waals surface area (Å²) in [7, 11) is 0. The highest BCUT2D eigenvalue weighted by molar-refractivity contribution is 9.10. The number of aromatic nitrogens is 4. The first-order valence-corrected chi connectivity index (χ1v) is 7.60. The molecule has 0 fully saturated rings. The quantitative estimate of drug-likeness (QED) is 0.656. The summed E-state index contributed by atoms with van der Waals surface area (Å²) in [5, 5.41) is 3.85. The van der Waals surface area contributed by atoms with Crippen molar-refractivity contribution in [3.05, 3.63) is 40.0 Å². The zero-order valence-electron chi connectivity index (χ0n) is 11.1. The van der Waals surface area contributed by atoms with E-state index >= 15 is 0 Å². The van der Waals surface area contributed by atoms with E-state index < -0.39 is 0 Å². The monoisotopic (exact) mass is 372 g/mol. The molecule has 2 heterocycles. The summed E-state index contributed by atoms with van der Waals surface area (Å²) >= 11 is 9.09. The Morgan fingerprint density at radius 3 is 2.86 bits per heavy atom. The Morgan fingerprint density at radius 1 is 1.38 bits per heavy atom. The maximum Gasteiger partial charge on any atom is 0.223 e. The molecule has 0 unspecified atom stereocenters. The molecule has 3 rings (SSSR count). The highest BCUT2D eigenvalue weighted by Crippen LogP contribution is 2.25. The van der Waals surface area contributed by atoms with Gasteiger partial charge in [0.2, 0.25) is 5.89 Å². The van der Waals surface area contributed by atoms with Crippen molar-refractivity contribution in [1.29, 1.82) is 0 Å². The minimum Gasteiger partial charge on any atom is -0.340 e. The summed E-state index contributed by atoms with van der Waals surface area (Å²) in [6, 6.07) is 3.10. The first kappa shape index (κ1) is 14.5. The van der Waals surface area contributed by atoms with E-state index in [9.17, 15) is 4.39 Å². The van der Waals surface area contributed by atoms with Gasteiger partial charge in [-0.05, 0) is 22.0 Å². The molecule has 0 N–H and O–H groups in total. The van der Waals surface area contributed by atoms with Crippen molar-refractivity contribution >= 4 is 38.6 Å². The van der Waals surface area contributed by atoms with Gasteiger partial charge >= 0.3 is 0 Å². The average molecular weight is 374 g/mol. The normalized spacial score (nSPS) is 11.4. The SMILES string of the molecule is Cc1nc(CCn2c(CCl)nc3cc(Br)c(F)cc32)no1. The first-order valence-electron chi connectivity index (χ1n) is 6.28. The van der Waals surface area contributed by atoms with E-state index in [1.165, 1.54) is 6.07 Å². The summed E-state index contributed by atoms with van der Waals surface area (Å²) < 4.78 is 20.9. The fraction of sp³-hybridized carbons (Fsp3) is 0.308. The number of rotatable bonds is 4. The zero-order chi connectivity index (χ0) is 15.0. The molecule has 0 radical (unpaired) electrons. The molecule has 3 aromatic rings. The second kappa shape index (κ2) is 5.73. The van der Waals surface area contributed by atoms with Crippen LogP contribution in [0.2, 0.25) is 0 Å². The van der Waals surface area contributed by atoms with Crippen molar-refractivity contribution in [2.75, 3.05) is 0 Å². The van der Waals surface area contributed by atoms with Crippen LogP contribution in [0.15, 0.2) is 21.1 Å². The van der Waals surface area contributed by atoms with Crippen LogP contribution in [0.5, 0.6) is 0 Å². The summed E-state index contributed by atoms with van der Waals surface area (Å²) in [4.78, 5) is 8.57. The summed E-state index contributed by atoms with van der Waals surface area (Å²) in [6.45, 7) is 2.29. The molecule has 0 aliphatic rings. The number of aryl methyl sites for hydroxylation is 3. The van der Waals surface area contributed by atoms with Gasteiger partial charge in [0.25, 0.3) is 0 Å². The molecule has 1 aromatic carbocycles. The lowest BCUT2D eigenvalue weighted by Gasteiger charge is -2.06. The van der Waals surface area contributed by atoms with E-state index in [-0.39, 0.29) is 11.7 Å². The average Bonchev–Trinajstić information content (AvgIpc) is 3.01. The van der Waals surface area contributed by atoms with Gasteiger partial charge in [0.15, 0.2) is 5.82 Å². The van der Waals surface area contributed by atoms with Crippen molar-refractivity contribution in [2.45, 2.75) is 25.8 Å². The van der Waals surface area contributed by atoms with Gasteiger partial charge in [-0.1, -0.05) is 5.16 Å². The molecule has 110 valence electrons. The van der Waals surface area contributed by atoms with Crippen LogP contribution >= 0.6 is 27.5 Å². The van der Waals surface area contributed by atoms with E-state index in [0.717, 1.165) is 0 Å². The number of fused-ring (bicyclic) bond motifs is 1. The molecule has 0 spiro atoms. The predicted molar refractivity (Wildman–Crippen MR) is 79.7 cm³/mol. The fourth-order valence-corrected chi connectivity index (χ4v) is 2.71. The third kappa shape index (κ3) is 2.80. The third-order valence-corrected chi connectivity index (χ3v) is 3.96. The summed E-state index contributed by atoms with van der Waals surface area (Å²) in [5.41, 5.74) is 1.40. The minimum absolute atomic E-state index is 0.249. The molecule has 0 saturated carbocycles. The van der Waals surface area contributed by atoms with Crippen molar-refractivity contribution in [2.24, 2.45) is 0 Å². The van der Waals surface area contributed by atoms with Crippen LogP contribution in [-0.4, -0.2) is 19.7 Å². The molecular weight excluding hydrogens is 363 g/mol. The first-order chi connectivity index (χ1) is 10.1. The van der Waals surface area contributed by atoms with Gasteiger partial charge < -0.3 is 9.09 Å². The molecule has 0 atom stereocenters. The number of nitrogens with zero attached hydrogens (tertiary/aromatic N) is 4. The Hall–Kier alpha value is -1.47. The van der Waals surface area contributed by atoms with Crippen LogP contribution in [0.25, 0.3) is 11.0 Å². The highest BCUT2D eigenvalue weighted by atomic mass is 79.9. The second-order valence-corrected chi connectivity index (χ2v) is 5.67. The molecule has 5 nitrogen and oxygen atoms in total. The van der Waals surface area contributed by atoms with Crippen molar-refractivity contribution in [3.63, 3.8) is 0 Å². The third-order valence-electron chi connectivity index (χ3n) is 3.12. The lowest BCUT2D eigenvalue weighted by Crippen LogP contribution is -2.06. The molecule has 2 aromatic heterocycles. The Balaban J connectivity index is 1.97. The molecule has 21 heavy (non-hydrogen) atoms. The number of hydrogen-bond donors (Lipinski definition) is 0. The summed E-state index contributed by atoms with van der Waals surface area (Å²) in [6.07, 6.45) is 0.560. The Morgan fingerprint density at radius 2 is 2.19 bits per heavy atom. The molecule has 0 saturated heterocycles. The maximum absolute atomic E-state index is 13.7. The molecule has 0 bridgehead atoms. The van der Waals surface area contributed by atoms with Gasteiger partial charge in [0.1, 0.15) is 11.6 Å². The van der Waals surface area contributed by atoms with Crippen molar-refractivity contribution in [1.82, 2.24) is 19.7 Å². The van der Waals surface area contributed by atoms with Crippen molar-refractivity contribution < 1.29 is 8.91 Å². The largest absolute Gasteiger partial charge is 0.340 e. The van der Waals surface area contributed by atoms with Crippen LogP contribution in [0, 0.1) is 12.7 Å².